The maximum atomic E-state index is 13.8. The Bertz CT molecular complexity index is 2080. The Balaban J connectivity index is 1.46. The number of esters is 2. The van der Waals surface area contributed by atoms with Crippen molar-refractivity contribution in [2.24, 2.45) is 0 Å². The number of para-hydroxylation sites is 4. The van der Waals surface area contributed by atoms with Crippen LogP contribution in [0.2, 0.25) is 0 Å². The number of fused-ring (bicyclic) bond motifs is 8. The predicted molar refractivity (Wildman–Crippen MR) is 179 cm³/mol. The molecule has 0 amide bonds. The summed E-state index contributed by atoms with van der Waals surface area (Å²) in [5.74, 6) is -0.708. The quantitative estimate of drug-likeness (QED) is 0.166. The van der Waals surface area contributed by atoms with Crippen molar-refractivity contribution in [3.05, 3.63) is 120 Å². The van der Waals surface area contributed by atoms with E-state index in [-0.39, 0.29) is 44.4 Å². The number of nitrogens with zero attached hydrogens (tertiary/aromatic N) is 4. The number of hydrogen-bond acceptors (Lipinski definition) is 8. The third-order valence-corrected chi connectivity index (χ3v) is 9.55. The second-order valence-corrected chi connectivity index (χ2v) is 12.2. The molecule has 2 unspecified atom stereocenters. The molecular weight excluding hydrogens is 588 g/mol. The molecule has 8 nitrogen and oxygen atoms in total. The summed E-state index contributed by atoms with van der Waals surface area (Å²) in [5, 5.41) is 0. The molecule has 2 aromatic heterocycles. The Hall–Kier alpha value is -5.50. The molecule has 0 saturated heterocycles. The van der Waals surface area contributed by atoms with Gasteiger partial charge >= 0.3 is 11.9 Å². The van der Waals surface area contributed by atoms with Crippen LogP contribution in [0.3, 0.4) is 0 Å². The standard InChI is InChI=1S/C39H32N4O4/c1-3-46-32(44)21-38(26-15-7-5-13-24(26)34-36(38)42-30-19-11-9-17-28(30)40-34)23-39(22-33(45)47-4-2)27-16-8-6-14-25(27)35-37(39)43-31-20-12-10-18-29(31)41-35/h5-20H,3-4,21-23H2,1-2H3. The molecule has 232 valence electrons. The first-order valence-corrected chi connectivity index (χ1v) is 16.0. The molecular formula is C39H32N4O4. The average molecular weight is 621 g/mol. The summed E-state index contributed by atoms with van der Waals surface area (Å²) in [6, 6.07) is 31.6. The molecule has 2 atom stereocenters. The van der Waals surface area contributed by atoms with Gasteiger partial charge < -0.3 is 9.47 Å². The van der Waals surface area contributed by atoms with E-state index in [1.165, 1.54) is 0 Å². The predicted octanol–water partition coefficient (Wildman–Crippen LogP) is 7.10. The fourth-order valence-corrected chi connectivity index (χ4v) is 7.78. The maximum Gasteiger partial charge on any atom is 0.307 e. The van der Waals surface area contributed by atoms with E-state index in [1.54, 1.807) is 13.8 Å². The van der Waals surface area contributed by atoms with Gasteiger partial charge in [0.15, 0.2) is 0 Å². The second-order valence-electron chi connectivity index (χ2n) is 12.2. The third kappa shape index (κ3) is 4.42. The zero-order valence-corrected chi connectivity index (χ0v) is 26.2. The Morgan fingerprint density at radius 1 is 0.532 bits per heavy atom. The molecule has 8 rings (SSSR count). The smallest absolute Gasteiger partial charge is 0.307 e. The van der Waals surface area contributed by atoms with Gasteiger partial charge in [-0.3, -0.25) is 9.59 Å². The number of carbonyl (C=O) groups is 2. The largest absolute Gasteiger partial charge is 0.466 e. The van der Waals surface area contributed by atoms with Crippen molar-refractivity contribution in [3.8, 4) is 22.5 Å². The number of benzene rings is 4. The van der Waals surface area contributed by atoms with Gasteiger partial charge in [-0.25, -0.2) is 19.9 Å². The summed E-state index contributed by atoms with van der Waals surface area (Å²) in [6.07, 6.45) is 0.285. The van der Waals surface area contributed by atoms with Gasteiger partial charge in [0.2, 0.25) is 0 Å². The van der Waals surface area contributed by atoms with Gasteiger partial charge in [0.1, 0.15) is 0 Å². The number of aromatic nitrogens is 4. The van der Waals surface area contributed by atoms with E-state index < -0.39 is 10.8 Å². The molecule has 0 saturated carbocycles. The molecule has 0 spiro atoms. The third-order valence-electron chi connectivity index (χ3n) is 9.55. The normalized spacial score (nSPS) is 18.8. The van der Waals surface area contributed by atoms with Crippen LogP contribution < -0.4 is 0 Å². The molecule has 2 heterocycles. The van der Waals surface area contributed by atoms with Crippen molar-refractivity contribution in [2.45, 2.75) is 43.9 Å². The van der Waals surface area contributed by atoms with Crippen molar-refractivity contribution in [1.82, 2.24) is 19.9 Å². The molecule has 2 aliphatic carbocycles. The van der Waals surface area contributed by atoms with E-state index in [4.69, 9.17) is 29.4 Å². The minimum absolute atomic E-state index is 0.000951. The Kier molecular flexibility index (Phi) is 6.83. The summed E-state index contributed by atoms with van der Waals surface area (Å²) >= 11 is 0. The van der Waals surface area contributed by atoms with Gasteiger partial charge in [0, 0.05) is 11.1 Å². The fourth-order valence-electron chi connectivity index (χ4n) is 7.78. The van der Waals surface area contributed by atoms with Gasteiger partial charge in [-0.05, 0) is 55.7 Å². The minimum atomic E-state index is -1.02. The van der Waals surface area contributed by atoms with E-state index in [1.807, 2.05) is 84.9 Å². The van der Waals surface area contributed by atoms with Gasteiger partial charge in [-0.2, -0.15) is 0 Å². The SMILES string of the molecule is CCOC(=O)CC1(CC2(CC(=O)OCC)c3ccccc3-c3nc4ccccc4nc32)c2ccccc2-c2nc3ccccc3nc21. The van der Waals surface area contributed by atoms with E-state index in [0.29, 0.717) is 11.4 Å². The first kappa shape index (κ1) is 28.9. The van der Waals surface area contributed by atoms with Crippen molar-refractivity contribution < 1.29 is 19.1 Å². The Labute approximate surface area is 271 Å². The van der Waals surface area contributed by atoms with E-state index in [2.05, 4.69) is 12.1 Å². The summed E-state index contributed by atoms with van der Waals surface area (Å²) in [4.78, 5) is 48.3. The van der Waals surface area contributed by atoms with Crippen LogP contribution in [0.5, 0.6) is 0 Å². The summed E-state index contributed by atoms with van der Waals surface area (Å²) in [5.41, 5.74) is 7.43. The summed E-state index contributed by atoms with van der Waals surface area (Å²) in [7, 11) is 0. The number of rotatable bonds is 8. The lowest BCUT2D eigenvalue weighted by Crippen LogP contribution is -2.42. The lowest BCUT2D eigenvalue weighted by atomic mass is 9.62. The highest BCUT2D eigenvalue weighted by Gasteiger charge is 2.57. The van der Waals surface area contributed by atoms with Gasteiger partial charge in [-0.1, -0.05) is 72.8 Å². The van der Waals surface area contributed by atoms with Gasteiger partial charge in [0.05, 0.1) is 81.7 Å². The van der Waals surface area contributed by atoms with Crippen LogP contribution in [0.25, 0.3) is 44.6 Å². The molecule has 2 aliphatic rings. The van der Waals surface area contributed by atoms with E-state index in [0.717, 1.165) is 55.7 Å². The van der Waals surface area contributed by atoms with Crippen molar-refractivity contribution in [3.63, 3.8) is 0 Å². The molecule has 0 aliphatic heterocycles. The highest BCUT2D eigenvalue weighted by molar-refractivity contribution is 5.89. The molecule has 0 bridgehead atoms. The van der Waals surface area contributed by atoms with Crippen molar-refractivity contribution in [1.29, 1.82) is 0 Å². The molecule has 47 heavy (non-hydrogen) atoms. The molecule has 4 aromatic carbocycles. The maximum absolute atomic E-state index is 13.8. The molecule has 0 N–H and O–H groups in total. The van der Waals surface area contributed by atoms with Crippen LogP contribution >= 0.6 is 0 Å². The van der Waals surface area contributed by atoms with E-state index >= 15 is 0 Å². The zero-order chi connectivity index (χ0) is 32.2. The lowest BCUT2D eigenvalue weighted by molar-refractivity contribution is -0.144. The highest BCUT2D eigenvalue weighted by atomic mass is 16.5. The van der Waals surface area contributed by atoms with E-state index in [9.17, 15) is 9.59 Å². The molecule has 8 heteroatoms. The molecule has 6 aromatic rings. The van der Waals surface area contributed by atoms with Crippen LogP contribution in [0, 0.1) is 0 Å². The Morgan fingerprint density at radius 3 is 1.30 bits per heavy atom. The van der Waals surface area contributed by atoms with Gasteiger partial charge in [0.25, 0.3) is 0 Å². The van der Waals surface area contributed by atoms with Crippen molar-refractivity contribution >= 4 is 34.0 Å². The van der Waals surface area contributed by atoms with Crippen LogP contribution in [-0.4, -0.2) is 45.1 Å². The van der Waals surface area contributed by atoms with Gasteiger partial charge in [-0.15, -0.1) is 0 Å². The topological polar surface area (TPSA) is 104 Å². The fraction of sp³-hybridized carbons (Fsp3) is 0.231. The highest BCUT2D eigenvalue weighted by Crippen LogP contribution is 2.60. The monoisotopic (exact) mass is 620 g/mol. The molecule has 0 radical (unpaired) electrons. The lowest BCUT2D eigenvalue weighted by Gasteiger charge is -2.40. The van der Waals surface area contributed by atoms with Crippen molar-refractivity contribution in [2.75, 3.05) is 13.2 Å². The molecule has 0 fully saturated rings. The number of ether oxygens (including phenoxy) is 2. The summed E-state index contributed by atoms with van der Waals surface area (Å²) in [6.45, 7) is 4.09. The first-order chi connectivity index (χ1) is 23.0. The zero-order valence-electron chi connectivity index (χ0n) is 26.2. The minimum Gasteiger partial charge on any atom is -0.466 e. The Morgan fingerprint density at radius 2 is 0.894 bits per heavy atom. The number of carbonyl (C=O) groups excluding carboxylic acids is 2. The van der Waals surface area contributed by atoms with Crippen LogP contribution in [-0.2, 0) is 29.9 Å². The van der Waals surface area contributed by atoms with Crippen LogP contribution in [0.15, 0.2) is 97.1 Å². The summed E-state index contributed by atoms with van der Waals surface area (Å²) < 4.78 is 11.3. The first-order valence-electron chi connectivity index (χ1n) is 16.0. The number of hydrogen-bond donors (Lipinski definition) is 0. The average Bonchev–Trinajstić information content (AvgIpc) is 3.49. The van der Waals surface area contributed by atoms with Crippen LogP contribution in [0.4, 0.5) is 0 Å². The van der Waals surface area contributed by atoms with Crippen LogP contribution in [0.1, 0.15) is 55.6 Å². The second kappa shape index (κ2) is 11.1.